The van der Waals surface area contributed by atoms with Gasteiger partial charge in [-0.2, -0.15) is 9.97 Å². The standard InChI is InChI=1S/C27H24ClFN4O6/c1-33-5-4-12(8-21(33)35)14-6-13-2-3-19(22(13)16(29)7-14)38-26-15(28)9-17-25(31-26)32-27(30-17)39-20-11-37-23-18(34)10-36-24(20)23/h4-9,18-20,23-24,34H,2-3,10-11H2,1H3,(H,30,31,32)/t18-,19?,20-,23?,24?/m1/s1. The lowest BCUT2D eigenvalue weighted by Gasteiger charge is -2.16. The minimum absolute atomic E-state index is 0.140. The minimum Gasteiger partial charge on any atom is -0.468 e. The van der Waals surface area contributed by atoms with Crippen LogP contribution in [-0.4, -0.2) is 62.3 Å². The van der Waals surface area contributed by atoms with Gasteiger partial charge in [0.2, 0.25) is 5.88 Å². The lowest BCUT2D eigenvalue weighted by molar-refractivity contribution is 0.00706. The van der Waals surface area contributed by atoms with E-state index in [1.807, 2.05) is 6.07 Å². The summed E-state index contributed by atoms with van der Waals surface area (Å²) in [6.07, 6.45) is 0.338. The first-order chi connectivity index (χ1) is 18.8. The lowest BCUT2D eigenvalue weighted by atomic mass is 10.00. The van der Waals surface area contributed by atoms with Gasteiger partial charge in [0.15, 0.2) is 11.8 Å². The van der Waals surface area contributed by atoms with Crippen molar-refractivity contribution in [2.45, 2.75) is 43.4 Å². The van der Waals surface area contributed by atoms with Crippen molar-refractivity contribution in [3.63, 3.8) is 0 Å². The number of hydrogen-bond donors (Lipinski definition) is 2. The molecule has 0 spiro atoms. The van der Waals surface area contributed by atoms with Crippen molar-refractivity contribution in [3.05, 3.63) is 68.8 Å². The molecule has 3 unspecified atom stereocenters. The number of aromatic nitrogens is 4. The van der Waals surface area contributed by atoms with Crippen LogP contribution in [0.25, 0.3) is 22.3 Å². The van der Waals surface area contributed by atoms with Crippen LogP contribution in [0.2, 0.25) is 5.02 Å². The van der Waals surface area contributed by atoms with Gasteiger partial charge >= 0.3 is 0 Å². The van der Waals surface area contributed by atoms with Gasteiger partial charge in [-0.25, -0.2) is 4.39 Å². The Morgan fingerprint density at radius 3 is 2.82 bits per heavy atom. The molecular formula is C27H24ClFN4O6. The number of hydrogen-bond acceptors (Lipinski definition) is 8. The largest absolute Gasteiger partial charge is 0.468 e. The second-order valence-corrected chi connectivity index (χ2v) is 10.5. The average molecular weight is 555 g/mol. The molecule has 3 aliphatic rings. The molecular weight excluding hydrogens is 531 g/mol. The van der Waals surface area contributed by atoms with Crippen molar-refractivity contribution in [1.82, 2.24) is 19.5 Å². The molecule has 2 N–H and O–H groups in total. The van der Waals surface area contributed by atoms with E-state index in [4.69, 9.17) is 30.5 Å². The predicted octanol–water partition coefficient (Wildman–Crippen LogP) is 3.09. The highest BCUT2D eigenvalue weighted by molar-refractivity contribution is 6.32. The van der Waals surface area contributed by atoms with Gasteiger partial charge in [0.25, 0.3) is 11.6 Å². The summed E-state index contributed by atoms with van der Waals surface area (Å²) in [5.41, 5.74) is 3.28. The Morgan fingerprint density at radius 2 is 1.97 bits per heavy atom. The highest BCUT2D eigenvalue weighted by Crippen LogP contribution is 2.40. The van der Waals surface area contributed by atoms with E-state index in [2.05, 4.69) is 15.0 Å². The number of aliphatic hydroxyl groups excluding tert-OH is 1. The molecule has 0 saturated carbocycles. The quantitative estimate of drug-likeness (QED) is 0.386. The number of H-pyrrole nitrogens is 1. The molecule has 10 nitrogen and oxygen atoms in total. The molecule has 2 aliphatic heterocycles. The number of imidazole rings is 1. The zero-order valence-electron chi connectivity index (χ0n) is 20.8. The number of ether oxygens (including phenoxy) is 4. The number of pyridine rings is 2. The van der Waals surface area contributed by atoms with Gasteiger partial charge < -0.3 is 33.6 Å². The SMILES string of the molecule is Cn1ccc(-c2cc(F)c3c(c2)CCC3Oc2nc3nc(O[C@@H]4COC5C4OC[C@H]5O)[nH]c3cc2Cl)cc1=O. The summed E-state index contributed by atoms with van der Waals surface area (Å²) >= 11 is 6.48. The summed E-state index contributed by atoms with van der Waals surface area (Å²) in [6, 6.07) is 8.45. The molecule has 0 radical (unpaired) electrons. The molecule has 3 aromatic heterocycles. The van der Waals surface area contributed by atoms with E-state index in [1.54, 1.807) is 25.4 Å². The van der Waals surface area contributed by atoms with E-state index >= 15 is 4.39 Å². The summed E-state index contributed by atoms with van der Waals surface area (Å²) in [5.74, 6) is -0.267. The third-order valence-corrected chi connectivity index (χ3v) is 7.79. The average Bonchev–Trinajstić information content (AvgIpc) is 3.67. The van der Waals surface area contributed by atoms with Crippen LogP contribution in [0, 0.1) is 5.82 Å². The van der Waals surface area contributed by atoms with E-state index in [1.165, 1.54) is 16.7 Å². The number of aryl methyl sites for hydroxylation is 2. The van der Waals surface area contributed by atoms with Crippen molar-refractivity contribution in [2.24, 2.45) is 7.05 Å². The van der Waals surface area contributed by atoms with E-state index < -0.39 is 30.2 Å². The fourth-order valence-corrected chi connectivity index (χ4v) is 5.72. The molecule has 5 heterocycles. The number of fused-ring (bicyclic) bond motifs is 3. The normalized spacial score (nSPS) is 25.7. The van der Waals surface area contributed by atoms with E-state index in [0.717, 1.165) is 5.56 Å². The number of nitrogens with zero attached hydrogens (tertiary/aromatic N) is 3. The predicted molar refractivity (Wildman–Crippen MR) is 138 cm³/mol. The number of halogens is 2. The summed E-state index contributed by atoms with van der Waals surface area (Å²) in [5, 5.41) is 10.2. The van der Waals surface area contributed by atoms with Crippen LogP contribution in [0.4, 0.5) is 4.39 Å². The summed E-state index contributed by atoms with van der Waals surface area (Å²) in [4.78, 5) is 23.9. The van der Waals surface area contributed by atoms with E-state index in [-0.39, 0.29) is 41.8 Å². The van der Waals surface area contributed by atoms with Gasteiger partial charge in [0, 0.05) is 24.9 Å². The molecule has 1 aromatic carbocycles. The van der Waals surface area contributed by atoms with Crippen molar-refractivity contribution < 1.29 is 28.4 Å². The summed E-state index contributed by atoms with van der Waals surface area (Å²) < 4.78 is 40.1. The number of aliphatic hydroxyl groups is 1. The fraction of sp³-hybridized carbons (Fsp3) is 0.370. The maximum atomic E-state index is 15.4. The first kappa shape index (κ1) is 24.5. The maximum Gasteiger partial charge on any atom is 0.296 e. The number of nitrogens with one attached hydrogen (secondary N) is 1. The third kappa shape index (κ3) is 4.26. The zero-order valence-corrected chi connectivity index (χ0v) is 21.5. The molecule has 1 aliphatic carbocycles. The molecule has 2 saturated heterocycles. The molecule has 202 valence electrons. The van der Waals surface area contributed by atoms with E-state index in [0.29, 0.717) is 40.7 Å². The van der Waals surface area contributed by atoms with Gasteiger partial charge in [-0.1, -0.05) is 17.7 Å². The fourth-order valence-electron chi connectivity index (χ4n) is 5.53. The molecule has 5 atom stereocenters. The van der Waals surface area contributed by atoms with Crippen LogP contribution in [-0.2, 0) is 22.9 Å². The summed E-state index contributed by atoms with van der Waals surface area (Å²) in [7, 11) is 1.67. The Bertz CT molecular complexity index is 1660. The smallest absolute Gasteiger partial charge is 0.296 e. The highest BCUT2D eigenvalue weighted by atomic mass is 35.5. The highest BCUT2D eigenvalue weighted by Gasteiger charge is 2.48. The Balaban J connectivity index is 1.12. The van der Waals surface area contributed by atoms with Crippen molar-refractivity contribution in [2.75, 3.05) is 13.2 Å². The van der Waals surface area contributed by atoms with Crippen molar-refractivity contribution in [3.8, 4) is 23.0 Å². The topological polar surface area (TPSA) is 121 Å². The Kier molecular flexibility index (Phi) is 5.85. The Labute approximate surface area is 226 Å². The molecule has 0 amide bonds. The lowest BCUT2D eigenvalue weighted by Crippen LogP contribution is -2.34. The second-order valence-electron chi connectivity index (χ2n) is 10.0. The molecule has 0 bridgehead atoms. The van der Waals surface area contributed by atoms with Gasteiger partial charge in [0.05, 0.1) is 18.7 Å². The Hall–Kier alpha value is -3.51. The number of benzene rings is 1. The summed E-state index contributed by atoms with van der Waals surface area (Å²) in [6.45, 7) is 0.465. The van der Waals surface area contributed by atoms with Crippen LogP contribution in [0.5, 0.6) is 11.9 Å². The van der Waals surface area contributed by atoms with Crippen LogP contribution in [0.1, 0.15) is 23.7 Å². The minimum atomic E-state index is -0.677. The van der Waals surface area contributed by atoms with Crippen LogP contribution >= 0.6 is 11.6 Å². The number of rotatable bonds is 5. The van der Waals surface area contributed by atoms with Gasteiger partial charge in [-0.05, 0) is 47.7 Å². The van der Waals surface area contributed by atoms with Crippen LogP contribution in [0.3, 0.4) is 0 Å². The van der Waals surface area contributed by atoms with Crippen molar-refractivity contribution in [1.29, 1.82) is 0 Å². The molecule has 2 fully saturated rings. The van der Waals surface area contributed by atoms with Gasteiger partial charge in [-0.15, -0.1) is 0 Å². The van der Waals surface area contributed by atoms with E-state index in [9.17, 15) is 9.90 Å². The van der Waals surface area contributed by atoms with Gasteiger partial charge in [-0.3, -0.25) is 4.79 Å². The van der Waals surface area contributed by atoms with Crippen molar-refractivity contribution >= 4 is 22.8 Å². The van der Waals surface area contributed by atoms with Crippen LogP contribution < -0.4 is 15.0 Å². The third-order valence-electron chi connectivity index (χ3n) is 7.52. The van der Waals surface area contributed by atoms with Crippen LogP contribution in [0.15, 0.2) is 41.3 Å². The number of aromatic amines is 1. The maximum absolute atomic E-state index is 15.4. The second kappa shape index (κ2) is 9.30. The molecule has 4 aromatic rings. The Morgan fingerprint density at radius 1 is 1.13 bits per heavy atom. The molecule has 7 rings (SSSR count). The molecule has 12 heteroatoms. The monoisotopic (exact) mass is 554 g/mol. The van der Waals surface area contributed by atoms with Gasteiger partial charge in [0.1, 0.15) is 35.3 Å². The zero-order chi connectivity index (χ0) is 26.8. The first-order valence-electron chi connectivity index (χ1n) is 12.6. The first-order valence-corrected chi connectivity index (χ1v) is 13.0. The molecule has 39 heavy (non-hydrogen) atoms.